The van der Waals surface area contributed by atoms with E-state index in [0.717, 1.165) is 23.5 Å². The number of imidazole rings is 1. The first kappa shape index (κ1) is 15.6. The van der Waals surface area contributed by atoms with E-state index in [1.54, 1.807) is 16.8 Å². The van der Waals surface area contributed by atoms with E-state index in [0.29, 0.717) is 23.0 Å². The van der Waals surface area contributed by atoms with Gasteiger partial charge in [-0.05, 0) is 18.6 Å². The number of pyridine rings is 1. The fraction of sp³-hybridized carbons (Fsp3) is 0.312. The molecule has 0 fully saturated rings. The molecule has 23 heavy (non-hydrogen) atoms. The number of anilines is 2. The molecule has 0 aromatic carbocycles. The van der Waals surface area contributed by atoms with Crippen LogP contribution in [0.1, 0.15) is 18.3 Å². The molecule has 1 N–H and O–H groups in total. The lowest BCUT2D eigenvalue weighted by molar-refractivity contribution is 0.914. The number of nitrogens with zero attached hydrogens (tertiary/aromatic N) is 5. The molecule has 0 bridgehead atoms. The Kier molecular flexibility index (Phi) is 4.34. The van der Waals surface area contributed by atoms with Gasteiger partial charge in [-0.2, -0.15) is 0 Å². The molecule has 0 unspecified atom stereocenters. The molecular weight excluding hydrogens is 312 g/mol. The van der Waals surface area contributed by atoms with Crippen LogP contribution in [0.2, 0.25) is 5.02 Å². The molecule has 3 heterocycles. The van der Waals surface area contributed by atoms with Gasteiger partial charge in [0.25, 0.3) is 0 Å². The molecule has 0 saturated heterocycles. The van der Waals surface area contributed by atoms with Gasteiger partial charge in [0.15, 0.2) is 5.65 Å². The van der Waals surface area contributed by atoms with Crippen LogP contribution < -0.4 is 10.2 Å². The van der Waals surface area contributed by atoms with Crippen LogP contribution in [0.25, 0.3) is 5.65 Å². The summed E-state index contributed by atoms with van der Waals surface area (Å²) in [6, 6.07) is 5.81. The molecule has 0 spiro atoms. The Morgan fingerprint density at radius 2 is 2.09 bits per heavy atom. The summed E-state index contributed by atoms with van der Waals surface area (Å²) >= 11 is 6.30. The van der Waals surface area contributed by atoms with E-state index in [1.807, 2.05) is 37.3 Å². The molecule has 0 atom stereocenters. The zero-order valence-electron chi connectivity index (χ0n) is 13.4. The lowest BCUT2D eigenvalue weighted by Gasteiger charge is -2.13. The van der Waals surface area contributed by atoms with Crippen molar-refractivity contribution in [2.45, 2.75) is 19.9 Å². The molecule has 6 nitrogen and oxygen atoms in total. The summed E-state index contributed by atoms with van der Waals surface area (Å²) in [7, 11) is 4.01. The van der Waals surface area contributed by atoms with Crippen LogP contribution in [0.15, 0.2) is 30.6 Å². The third-order valence-corrected chi connectivity index (χ3v) is 3.84. The van der Waals surface area contributed by atoms with E-state index >= 15 is 0 Å². The van der Waals surface area contributed by atoms with E-state index in [-0.39, 0.29) is 0 Å². The van der Waals surface area contributed by atoms with Gasteiger partial charge >= 0.3 is 0 Å². The number of fused-ring (bicyclic) bond motifs is 1. The Hall–Kier alpha value is -2.34. The number of hydrogen-bond donors (Lipinski definition) is 1. The molecule has 3 aromatic heterocycles. The van der Waals surface area contributed by atoms with Gasteiger partial charge in [-0.1, -0.05) is 18.5 Å². The average molecular weight is 331 g/mol. The molecule has 7 heteroatoms. The predicted molar refractivity (Wildman–Crippen MR) is 93.3 cm³/mol. The van der Waals surface area contributed by atoms with Crippen molar-refractivity contribution >= 4 is 28.8 Å². The van der Waals surface area contributed by atoms with Crippen LogP contribution in [-0.4, -0.2) is 33.7 Å². The van der Waals surface area contributed by atoms with Gasteiger partial charge in [-0.3, -0.25) is 4.98 Å². The molecule has 120 valence electrons. The smallest absolute Gasteiger partial charge is 0.172 e. The average Bonchev–Trinajstić information content (AvgIpc) is 2.97. The fourth-order valence-corrected chi connectivity index (χ4v) is 2.50. The van der Waals surface area contributed by atoms with E-state index < -0.39 is 0 Å². The summed E-state index contributed by atoms with van der Waals surface area (Å²) in [5, 5.41) is 8.34. The summed E-state index contributed by atoms with van der Waals surface area (Å²) < 4.78 is 1.72. The predicted octanol–water partition coefficient (Wildman–Crippen LogP) is 3.02. The Morgan fingerprint density at radius 1 is 1.26 bits per heavy atom. The largest absolute Gasteiger partial charge is 0.378 e. The number of halogens is 1. The highest BCUT2D eigenvalue weighted by atomic mass is 35.5. The van der Waals surface area contributed by atoms with Crippen LogP contribution in [0.4, 0.5) is 11.5 Å². The normalized spacial score (nSPS) is 11.0. The van der Waals surface area contributed by atoms with Crippen molar-refractivity contribution in [3.63, 3.8) is 0 Å². The van der Waals surface area contributed by atoms with Gasteiger partial charge in [-0.25, -0.2) is 9.50 Å². The second-order valence-electron chi connectivity index (χ2n) is 5.48. The van der Waals surface area contributed by atoms with Crippen molar-refractivity contribution in [2.75, 3.05) is 24.3 Å². The minimum absolute atomic E-state index is 0.575. The summed E-state index contributed by atoms with van der Waals surface area (Å²) in [6.07, 6.45) is 4.56. The van der Waals surface area contributed by atoms with Crippen molar-refractivity contribution in [1.29, 1.82) is 0 Å². The fourth-order valence-electron chi connectivity index (χ4n) is 2.27. The second kappa shape index (κ2) is 6.42. The number of aryl methyl sites for hydroxylation is 1. The maximum atomic E-state index is 6.30. The van der Waals surface area contributed by atoms with Crippen molar-refractivity contribution in [3.05, 3.63) is 47.0 Å². The molecule has 0 aliphatic carbocycles. The van der Waals surface area contributed by atoms with Crippen LogP contribution in [0.5, 0.6) is 0 Å². The zero-order chi connectivity index (χ0) is 16.4. The Labute approximate surface area is 140 Å². The molecule has 0 aliphatic heterocycles. The SMILES string of the molecule is CCc1cn2nc(NCc3cc(N(C)C)ccn3)cc(Cl)c2n1. The number of nitrogens with one attached hydrogen (secondary N) is 1. The summed E-state index contributed by atoms with van der Waals surface area (Å²) in [6.45, 7) is 2.63. The van der Waals surface area contributed by atoms with Gasteiger partial charge < -0.3 is 10.2 Å². The van der Waals surface area contributed by atoms with E-state index in [4.69, 9.17) is 11.6 Å². The Balaban J connectivity index is 1.80. The zero-order valence-corrected chi connectivity index (χ0v) is 14.2. The minimum atomic E-state index is 0.575. The lowest BCUT2D eigenvalue weighted by Crippen LogP contribution is -2.10. The monoisotopic (exact) mass is 330 g/mol. The van der Waals surface area contributed by atoms with Crippen molar-refractivity contribution in [2.24, 2.45) is 0 Å². The number of hydrogen-bond acceptors (Lipinski definition) is 5. The number of aromatic nitrogens is 4. The number of rotatable bonds is 5. The third kappa shape index (κ3) is 3.37. The van der Waals surface area contributed by atoms with Crippen LogP contribution in [0, 0.1) is 0 Å². The molecule has 0 amide bonds. The van der Waals surface area contributed by atoms with Gasteiger partial charge in [0, 0.05) is 32.0 Å². The lowest BCUT2D eigenvalue weighted by atomic mass is 10.3. The van der Waals surface area contributed by atoms with E-state index in [1.165, 1.54) is 0 Å². The van der Waals surface area contributed by atoms with Gasteiger partial charge in [0.1, 0.15) is 5.82 Å². The van der Waals surface area contributed by atoms with Crippen LogP contribution in [-0.2, 0) is 13.0 Å². The Morgan fingerprint density at radius 3 is 2.83 bits per heavy atom. The second-order valence-corrected chi connectivity index (χ2v) is 5.89. The van der Waals surface area contributed by atoms with Gasteiger partial charge in [-0.15, -0.1) is 5.10 Å². The quantitative estimate of drug-likeness (QED) is 0.779. The first-order chi connectivity index (χ1) is 11.1. The van der Waals surface area contributed by atoms with Gasteiger partial charge in [0.2, 0.25) is 0 Å². The van der Waals surface area contributed by atoms with E-state index in [2.05, 4.69) is 27.3 Å². The van der Waals surface area contributed by atoms with Crippen LogP contribution in [0.3, 0.4) is 0 Å². The molecule has 3 aromatic rings. The van der Waals surface area contributed by atoms with Crippen LogP contribution >= 0.6 is 11.6 Å². The summed E-state index contributed by atoms with van der Waals surface area (Å²) in [4.78, 5) is 10.9. The standard InChI is InChI=1S/C16H19ClN6/c1-4-11-10-23-16(20-11)14(17)8-15(21-23)19-9-12-7-13(22(2)3)5-6-18-12/h5-8,10H,4,9H2,1-3H3,(H,19,21). The van der Waals surface area contributed by atoms with Crippen molar-refractivity contribution < 1.29 is 0 Å². The Bertz CT molecular complexity index is 827. The topological polar surface area (TPSA) is 58.4 Å². The molecule has 0 saturated carbocycles. The first-order valence-corrected chi connectivity index (χ1v) is 7.85. The molecular formula is C16H19ClN6. The van der Waals surface area contributed by atoms with Crippen molar-refractivity contribution in [1.82, 2.24) is 19.6 Å². The third-order valence-electron chi connectivity index (χ3n) is 3.56. The molecule has 3 rings (SSSR count). The highest BCUT2D eigenvalue weighted by molar-refractivity contribution is 6.33. The summed E-state index contributed by atoms with van der Waals surface area (Å²) in [5.74, 6) is 0.694. The molecule has 0 aliphatic rings. The minimum Gasteiger partial charge on any atom is -0.378 e. The maximum Gasteiger partial charge on any atom is 0.172 e. The highest BCUT2D eigenvalue weighted by Crippen LogP contribution is 2.20. The highest BCUT2D eigenvalue weighted by Gasteiger charge is 2.08. The summed E-state index contributed by atoms with van der Waals surface area (Å²) in [5.41, 5.74) is 3.70. The van der Waals surface area contributed by atoms with E-state index in [9.17, 15) is 0 Å². The maximum absolute atomic E-state index is 6.30. The van der Waals surface area contributed by atoms with Gasteiger partial charge in [0.05, 0.1) is 29.2 Å². The molecule has 0 radical (unpaired) electrons. The first-order valence-electron chi connectivity index (χ1n) is 7.47. The van der Waals surface area contributed by atoms with Crippen molar-refractivity contribution in [3.8, 4) is 0 Å².